The van der Waals surface area contributed by atoms with Gasteiger partial charge in [-0.2, -0.15) is 0 Å². The van der Waals surface area contributed by atoms with Gasteiger partial charge in [0.2, 0.25) is 0 Å². The molecule has 0 saturated heterocycles. The van der Waals surface area contributed by atoms with Crippen LogP contribution < -0.4 is 0 Å². The molecule has 48 valence electrons. The first-order chi connectivity index (χ1) is 3.06. The maximum atomic E-state index is 8.39. The van der Waals surface area contributed by atoms with Crippen molar-refractivity contribution in [2.45, 2.75) is 0 Å². The molecule has 0 saturated carbocycles. The summed E-state index contributed by atoms with van der Waals surface area (Å²) >= 11 is 0. The molecule has 0 atom stereocenters. The Balaban J connectivity index is -0.000000180. The third-order valence-electron chi connectivity index (χ3n) is 0.771. The van der Waals surface area contributed by atoms with Gasteiger partial charge in [0.25, 0.3) is 0 Å². The number of nitrogens with zero attached hydrogens (tertiary/aromatic N) is 1. The number of hydrogen-bond acceptors (Lipinski definition) is 1. The lowest BCUT2D eigenvalue weighted by Gasteiger charge is -2.21. The van der Waals surface area contributed by atoms with Crippen molar-refractivity contribution in [1.82, 2.24) is 0 Å². The second kappa shape index (κ2) is 2.28. The van der Waals surface area contributed by atoms with Crippen LogP contribution in [-0.4, -0.2) is 43.9 Å². The average Bonchev–Trinajstić information content (AvgIpc) is 1.30. The van der Waals surface area contributed by atoms with Crippen molar-refractivity contribution in [2.24, 2.45) is 0 Å². The fourth-order valence-corrected chi connectivity index (χ4v) is 0.300. The van der Waals surface area contributed by atoms with Crippen LogP contribution in [-0.2, 0) is 0 Å². The van der Waals surface area contributed by atoms with Crippen LogP contribution in [0.1, 0.15) is 2.85 Å². The lowest BCUT2D eigenvalue weighted by Crippen LogP contribution is -2.36. The highest BCUT2D eigenvalue weighted by Gasteiger charge is 2.02. The van der Waals surface area contributed by atoms with Gasteiger partial charge in [0.15, 0.2) is 0 Å². The predicted octanol–water partition coefficient (Wildman–Crippen LogP) is 0.177. The fraction of sp³-hybridized carbons (Fsp3) is 1.00. The molecule has 0 aromatic rings. The van der Waals surface area contributed by atoms with Crippen molar-refractivity contribution in [3.05, 3.63) is 0 Å². The van der Waals surface area contributed by atoms with Gasteiger partial charge in [-0.25, -0.2) is 0 Å². The zero-order chi connectivity index (χ0) is 5.91. The molecular weight excluding hydrogens is 90.1 g/mol. The first-order valence-electron chi connectivity index (χ1n) is 2.47. The molecule has 0 aliphatic heterocycles. The van der Waals surface area contributed by atoms with Crippen molar-refractivity contribution in [3.8, 4) is 0 Å². The lowest BCUT2D eigenvalue weighted by molar-refractivity contribution is -0.870. The SMILES string of the molecule is C[N+](C)(C)CCO.[2HH].[2HH]. The molecule has 0 aliphatic rings. The highest BCUT2D eigenvalue weighted by molar-refractivity contribution is 4.19. The molecule has 1 N–H and O–H groups in total. The monoisotopic (exact) mass is 110 g/mol. The molecule has 0 rings (SSSR count). The van der Waals surface area contributed by atoms with Gasteiger partial charge in [0.1, 0.15) is 6.54 Å². The minimum atomic E-state index is 0. The van der Waals surface area contributed by atoms with Crippen LogP contribution in [0, 0.1) is 0 Å². The first kappa shape index (κ1) is 6.92. The Morgan fingerprint density at radius 2 is 1.86 bits per heavy atom. The average molecular weight is 110 g/mol. The van der Waals surface area contributed by atoms with Gasteiger partial charge in [-0.1, -0.05) is 0 Å². The topological polar surface area (TPSA) is 20.2 Å². The van der Waals surface area contributed by atoms with Gasteiger partial charge in [0, 0.05) is 2.85 Å². The minimum Gasteiger partial charge on any atom is -0.391 e. The van der Waals surface area contributed by atoms with Crippen LogP contribution in [0.4, 0.5) is 0 Å². The van der Waals surface area contributed by atoms with Crippen molar-refractivity contribution < 1.29 is 12.4 Å². The van der Waals surface area contributed by atoms with E-state index in [4.69, 9.17) is 5.11 Å². The van der Waals surface area contributed by atoms with Crippen LogP contribution in [0.2, 0.25) is 0 Å². The van der Waals surface area contributed by atoms with Crippen LogP contribution in [0.15, 0.2) is 0 Å². The molecule has 0 aliphatic carbocycles. The Hall–Kier alpha value is -0.0800. The highest BCUT2D eigenvalue weighted by Crippen LogP contribution is 1.84. The molecule has 0 unspecified atom stereocenters. The van der Waals surface area contributed by atoms with Crippen LogP contribution in [0.25, 0.3) is 0 Å². The maximum Gasteiger partial charge on any atom is 0.101 e. The Bertz CT molecular complexity index is 53.4. The molecule has 0 bridgehead atoms. The molecule has 2 nitrogen and oxygen atoms in total. The van der Waals surface area contributed by atoms with E-state index in [0.717, 1.165) is 11.0 Å². The lowest BCUT2D eigenvalue weighted by atomic mass is 10.5. The Kier molecular flexibility index (Phi) is 2.26. The third kappa shape index (κ3) is 5.92. The van der Waals surface area contributed by atoms with E-state index in [0.29, 0.717) is 0 Å². The molecule has 0 heterocycles. The van der Waals surface area contributed by atoms with Crippen LogP contribution in [0.5, 0.6) is 0 Å². The van der Waals surface area contributed by atoms with E-state index in [9.17, 15) is 0 Å². The number of aliphatic hydroxyl groups excluding tert-OH is 1. The summed E-state index contributed by atoms with van der Waals surface area (Å²) in [6, 6.07) is 0. The Labute approximate surface area is 47.9 Å². The van der Waals surface area contributed by atoms with Gasteiger partial charge in [0.05, 0.1) is 27.7 Å². The highest BCUT2D eigenvalue weighted by atomic mass is 16.3. The van der Waals surface area contributed by atoms with E-state index in [1.807, 2.05) is 0 Å². The summed E-state index contributed by atoms with van der Waals surface area (Å²) in [5, 5.41) is 8.39. The fourth-order valence-electron chi connectivity index (χ4n) is 0.300. The number of rotatable bonds is 2. The van der Waals surface area contributed by atoms with Gasteiger partial charge in [-0.3, -0.25) is 0 Å². The van der Waals surface area contributed by atoms with Gasteiger partial charge < -0.3 is 9.59 Å². The number of likely N-dealkylation sites (N-methyl/N-ethyl adjacent to an activating group) is 1. The molecule has 0 spiro atoms. The summed E-state index contributed by atoms with van der Waals surface area (Å²) in [5.41, 5.74) is 0. The standard InChI is InChI=1S/C5H14NO.2H2/c1-6(2,3)4-5-7;;/h7H,4-5H2,1-3H3;2*1H/q+1;;/i;2*1+1. The van der Waals surface area contributed by atoms with Gasteiger partial charge >= 0.3 is 0 Å². The Morgan fingerprint density at radius 3 is 1.86 bits per heavy atom. The zero-order valence-electron chi connectivity index (χ0n) is 5.31. The van der Waals surface area contributed by atoms with Crippen molar-refractivity contribution >= 4 is 0 Å². The summed E-state index contributed by atoms with van der Waals surface area (Å²) < 4.78 is 0.844. The van der Waals surface area contributed by atoms with Crippen molar-refractivity contribution in [3.63, 3.8) is 0 Å². The summed E-state index contributed by atoms with van der Waals surface area (Å²) in [5.74, 6) is 0. The molecule has 2 heteroatoms. The summed E-state index contributed by atoms with van der Waals surface area (Å²) in [6.45, 7) is 1.11. The molecule has 7 heavy (non-hydrogen) atoms. The Morgan fingerprint density at radius 1 is 1.43 bits per heavy atom. The summed E-state index contributed by atoms with van der Waals surface area (Å²) in [7, 11) is 6.16. The normalized spacial score (nSPS) is 12.0. The predicted molar refractivity (Wildman–Crippen MR) is 34.2 cm³/mol. The van der Waals surface area contributed by atoms with Crippen molar-refractivity contribution in [2.75, 3.05) is 34.3 Å². The molecule has 0 amide bonds. The van der Waals surface area contributed by atoms with E-state index in [2.05, 4.69) is 21.1 Å². The number of aliphatic hydroxyl groups is 1. The van der Waals surface area contributed by atoms with Gasteiger partial charge in [-0.05, 0) is 0 Å². The summed E-state index contributed by atoms with van der Waals surface area (Å²) in [4.78, 5) is 0. The van der Waals surface area contributed by atoms with E-state index in [1.165, 1.54) is 0 Å². The van der Waals surface area contributed by atoms with E-state index < -0.39 is 0 Å². The quantitative estimate of drug-likeness (QED) is 0.503. The summed E-state index contributed by atoms with van der Waals surface area (Å²) in [6.07, 6.45) is 0. The number of quaternary nitrogens is 1. The van der Waals surface area contributed by atoms with Crippen LogP contribution >= 0.6 is 0 Å². The maximum absolute atomic E-state index is 8.39. The third-order valence-corrected chi connectivity index (χ3v) is 0.771. The minimum absolute atomic E-state index is 0. The second-order valence-electron chi connectivity index (χ2n) is 2.74. The second-order valence-corrected chi connectivity index (χ2v) is 2.74. The largest absolute Gasteiger partial charge is 0.391 e. The molecule has 0 radical (unpaired) electrons. The molecule has 0 aromatic heterocycles. The van der Waals surface area contributed by atoms with E-state index in [1.54, 1.807) is 0 Å². The van der Waals surface area contributed by atoms with Crippen LogP contribution in [0.3, 0.4) is 0 Å². The zero-order valence-corrected chi connectivity index (χ0v) is 5.31. The molecule has 0 aromatic carbocycles. The van der Waals surface area contributed by atoms with E-state index >= 15 is 0 Å². The smallest absolute Gasteiger partial charge is 0.101 e. The first-order valence-corrected chi connectivity index (χ1v) is 2.47. The van der Waals surface area contributed by atoms with E-state index in [-0.39, 0.29) is 9.46 Å². The molecule has 0 fully saturated rings. The molecular formula is C5H18NO+. The van der Waals surface area contributed by atoms with Crippen molar-refractivity contribution in [1.29, 1.82) is 0 Å². The van der Waals surface area contributed by atoms with Gasteiger partial charge in [-0.15, -0.1) is 0 Å². The number of hydrogen-bond donors (Lipinski definition) is 1.